The summed E-state index contributed by atoms with van der Waals surface area (Å²) < 4.78 is 10.9. The first-order valence-corrected chi connectivity index (χ1v) is 9.42. The van der Waals surface area contributed by atoms with Crippen molar-refractivity contribution in [2.45, 2.75) is 33.4 Å². The highest BCUT2D eigenvalue weighted by atomic mass is 16.5. The largest absolute Gasteiger partial charge is 0.493 e. The maximum Gasteiger partial charge on any atom is 0.251 e. The molecular formula is C22H30N2O3. The SMILES string of the molecule is CCN(Cc1ccc(C(=O)NCCOc2ccccc2OC)cc1)C(C)C. The van der Waals surface area contributed by atoms with Gasteiger partial charge >= 0.3 is 0 Å². The lowest BCUT2D eigenvalue weighted by Crippen LogP contribution is -2.30. The number of amides is 1. The molecule has 5 nitrogen and oxygen atoms in total. The number of hydrogen-bond acceptors (Lipinski definition) is 4. The van der Waals surface area contributed by atoms with E-state index in [9.17, 15) is 4.79 Å². The minimum absolute atomic E-state index is 0.0959. The summed E-state index contributed by atoms with van der Waals surface area (Å²) in [5, 5.41) is 2.88. The molecule has 0 bridgehead atoms. The average molecular weight is 370 g/mol. The predicted octanol–water partition coefficient (Wildman–Crippen LogP) is 3.73. The Morgan fingerprint density at radius 1 is 1.07 bits per heavy atom. The second-order valence-corrected chi connectivity index (χ2v) is 6.61. The Morgan fingerprint density at radius 2 is 1.74 bits per heavy atom. The van der Waals surface area contributed by atoms with Crippen molar-refractivity contribution in [2.24, 2.45) is 0 Å². The first kappa shape index (κ1) is 20.8. The molecule has 146 valence electrons. The fourth-order valence-corrected chi connectivity index (χ4v) is 2.82. The number of hydrogen-bond donors (Lipinski definition) is 1. The topological polar surface area (TPSA) is 50.8 Å². The lowest BCUT2D eigenvalue weighted by atomic mass is 10.1. The summed E-state index contributed by atoms with van der Waals surface area (Å²) in [6.45, 7) is 9.25. The Labute approximate surface area is 162 Å². The van der Waals surface area contributed by atoms with Crippen LogP contribution in [0.1, 0.15) is 36.7 Å². The highest BCUT2D eigenvalue weighted by Gasteiger charge is 2.09. The minimum atomic E-state index is -0.0959. The summed E-state index contributed by atoms with van der Waals surface area (Å²) in [6.07, 6.45) is 0. The van der Waals surface area contributed by atoms with Gasteiger partial charge in [0.1, 0.15) is 6.61 Å². The molecule has 0 heterocycles. The molecule has 0 aliphatic rings. The van der Waals surface area contributed by atoms with Crippen molar-refractivity contribution in [3.05, 3.63) is 59.7 Å². The van der Waals surface area contributed by atoms with Crippen LogP contribution in [0.25, 0.3) is 0 Å². The van der Waals surface area contributed by atoms with Gasteiger partial charge in [0.15, 0.2) is 11.5 Å². The van der Waals surface area contributed by atoms with E-state index in [1.165, 1.54) is 5.56 Å². The molecule has 1 N–H and O–H groups in total. The van der Waals surface area contributed by atoms with Gasteiger partial charge in [-0.1, -0.05) is 31.2 Å². The van der Waals surface area contributed by atoms with E-state index < -0.39 is 0 Å². The van der Waals surface area contributed by atoms with Crippen molar-refractivity contribution in [3.8, 4) is 11.5 Å². The number of carbonyl (C=O) groups is 1. The number of carbonyl (C=O) groups excluding carboxylic acids is 1. The van der Waals surface area contributed by atoms with Gasteiger partial charge in [0, 0.05) is 18.2 Å². The highest BCUT2D eigenvalue weighted by molar-refractivity contribution is 5.94. The van der Waals surface area contributed by atoms with Crippen LogP contribution >= 0.6 is 0 Å². The average Bonchev–Trinajstić information content (AvgIpc) is 2.69. The van der Waals surface area contributed by atoms with Crippen LogP contribution in [0.3, 0.4) is 0 Å². The fraction of sp³-hybridized carbons (Fsp3) is 0.409. The van der Waals surface area contributed by atoms with Crippen molar-refractivity contribution in [1.82, 2.24) is 10.2 Å². The molecule has 0 fully saturated rings. The molecule has 2 aromatic rings. The molecule has 0 aliphatic carbocycles. The Morgan fingerprint density at radius 3 is 2.33 bits per heavy atom. The zero-order chi connectivity index (χ0) is 19.6. The Hall–Kier alpha value is -2.53. The number of methoxy groups -OCH3 is 1. The Balaban J connectivity index is 1.80. The van der Waals surface area contributed by atoms with E-state index in [-0.39, 0.29) is 5.91 Å². The lowest BCUT2D eigenvalue weighted by Gasteiger charge is -2.24. The third kappa shape index (κ3) is 6.29. The van der Waals surface area contributed by atoms with Crippen LogP contribution in [0, 0.1) is 0 Å². The summed E-state index contributed by atoms with van der Waals surface area (Å²) >= 11 is 0. The molecule has 0 saturated heterocycles. The first-order valence-electron chi connectivity index (χ1n) is 9.42. The smallest absolute Gasteiger partial charge is 0.251 e. The standard InChI is InChI=1S/C22H30N2O3/c1-5-24(17(2)3)16-18-10-12-19(13-11-18)22(25)23-14-15-27-21-9-7-6-8-20(21)26-4/h6-13,17H,5,14-16H2,1-4H3,(H,23,25). The summed E-state index contributed by atoms with van der Waals surface area (Å²) in [5.74, 6) is 1.26. The van der Waals surface area contributed by atoms with Crippen molar-refractivity contribution in [1.29, 1.82) is 0 Å². The molecule has 0 aromatic heterocycles. The van der Waals surface area contributed by atoms with Crippen LogP contribution in [0.2, 0.25) is 0 Å². The van der Waals surface area contributed by atoms with Crippen LogP contribution in [-0.2, 0) is 6.54 Å². The summed E-state index contributed by atoms with van der Waals surface area (Å²) in [6, 6.07) is 15.7. The van der Waals surface area contributed by atoms with Gasteiger partial charge in [-0.15, -0.1) is 0 Å². The van der Waals surface area contributed by atoms with Gasteiger partial charge in [-0.05, 0) is 50.2 Å². The lowest BCUT2D eigenvalue weighted by molar-refractivity contribution is 0.0946. The zero-order valence-electron chi connectivity index (χ0n) is 16.7. The van der Waals surface area contributed by atoms with E-state index in [4.69, 9.17) is 9.47 Å². The van der Waals surface area contributed by atoms with Crippen LogP contribution in [-0.4, -0.2) is 43.7 Å². The van der Waals surface area contributed by atoms with E-state index in [0.29, 0.717) is 36.3 Å². The third-order valence-electron chi connectivity index (χ3n) is 4.45. The molecule has 0 atom stereocenters. The summed E-state index contributed by atoms with van der Waals surface area (Å²) in [5.41, 5.74) is 1.87. The van der Waals surface area contributed by atoms with E-state index in [2.05, 4.69) is 31.0 Å². The highest BCUT2D eigenvalue weighted by Crippen LogP contribution is 2.25. The van der Waals surface area contributed by atoms with Crippen molar-refractivity contribution >= 4 is 5.91 Å². The molecular weight excluding hydrogens is 340 g/mol. The van der Waals surface area contributed by atoms with E-state index in [1.807, 2.05) is 48.5 Å². The van der Waals surface area contributed by atoms with E-state index >= 15 is 0 Å². The number of nitrogens with one attached hydrogen (secondary N) is 1. The Bertz CT molecular complexity index is 714. The molecule has 27 heavy (non-hydrogen) atoms. The molecule has 0 spiro atoms. The van der Waals surface area contributed by atoms with Crippen LogP contribution < -0.4 is 14.8 Å². The van der Waals surface area contributed by atoms with Gasteiger partial charge < -0.3 is 14.8 Å². The minimum Gasteiger partial charge on any atom is -0.493 e. The molecule has 1 amide bonds. The number of para-hydroxylation sites is 2. The Kier molecular flexibility index (Phi) is 8.14. The van der Waals surface area contributed by atoms with Gasteiger partial charge in [-0.3, -0.25) is 9.69 Å². The second-order valence-electron chi connectivity index (χ2n) is 6.61. The monoisotopic (exact) mass is 370 g/mol. The molecule has 0 unspecified atom stereocenters. The normalized spacial score (nSPS) is 10.9. The molecule has 0 saturated carbocycles. The molecule has 0 aliphatic heterocycles. The number of nitrogens with zero attached hydrogens (tertiary/aromatic N) is 1. The van der Waals surface area contributed by atoms with Crippen LogP contribution in [0.4, 0.5) is 0 Å². The number of rotatable bonds is 10. The van der Waals surface area contributed by atoms with Gasteiger partial charge in [0.2, 0.25) is 0 Å². The van der Waals surface area contributed by atoms with E-state index in [0.717, 1.165) is 13.1 Å². The molecule has 0 radical (unpaired) electrons. The molecule has 5 heteroatoms. The van der Waals surface area contributed by atoms with Crippen LogP contribution in [0.5, 0.6) is 11.5 Å². The summed E-state index contributed by atoms with van der Waals surface area (Å²) in [7, 11) is 1.61. The number of benzene rings is 2. The van der Waals surface area contributed by atoms with E-state index in [1.54, 1.807) is 7.11 Å². The quantitative estimate of drug-likeness (QED) is 0.648. The summed E-state index contributed by atoms with van der Waals surface area (Å²) in [4.78, 5) is 14.7. The van der Waals surface area contributed by atoms with Gasteiger partial charge in [-0.2, -0.15) is 0 Å². The maximum absolute atomic E-state index is 12.3. The predicted molar refractivity (Wildman–Crippen MR) is 108 cm³/mol. The van der Waals surface area contributed by atoms with Gasteiger partial charge in [0.25, 0.3) is 5.91 Å². The molecule has 2 aromatic carbocycles. The van der Waals surface area contributed by atoms with Crippen molar-refractivity contribution in [3.63, 3.8) is 0 Å². The van der Waals surface area contributed by atoms with Gasteiger partial charge in [0.05, 0.1) is 13.7 Å². The van der Waals surface area contributed by atoms with Crippen molar-refractivity contribution in [2.75, 3.05) is 26.8 Å². The van der Waals surface area contributed by atoms with Crippen molar-refractivity contribution < 1.29 is 14.3 Å². The number of ether oxygens (including phenoxy) is 2. The fourth-order valence-electron chi connectivity index (χ4n) is 2.82. The second kappa shape index (κ2) is 10.6. The molecule has 2 rings (SSSR count). The third-order valence-corrected chi connectivity index (χ3v) is 4.45. The maximum atomic E-state index is 12.3. The van der Waals surface area contributed by atoms with Gasteiger partial charge in [-0.25, -0.2) is 0 Å². The first-order chi connectivity index (χ1) is 13.0. The van der Waals surface area contributed by atoms with Crippen LogP contribution in [0.15, 0.2) is 48.5 Å². The zero-order valence-corrected chi connectivity index (χ0v) is 16.7.